The predicted molar refractivity (Wildman–Crippen MR) is 84.1 cm³/mol. The Bertz CT molecular complexity index is 409. The Balaban J connectivity index is 1.72. The number of hydrogen-bond donors (Lipinski definition) is 2. The number of nitrogens with one attached hydrogen (secondary N) is 1. The zero-order valence-corrected chi connectivity index (χ0v) is 12.8. The third kappa shape index (κ3) is 5.41. The Morgan fingerprint density at radius 3 is 2.68 bits per heavy atom. The Hall–Kier alpha value is -0.740. The van der Waals surface area contributed by atoms with Gasteiger partial charge >= 0.3 is 0 Å². The maximum atomic E-state index is 5.94. The Morgan fingerprint density at radius 1 is 1.32 bits per heavy atom. The van der Waals surface area contributed by atoms with Crippen molar-refractivity contribution in [2.75, 3.05) is 6.54 Å². The predicted octanol–water partition coefficient (Wildman–Crippen LogP) is 3.57. The van der Waals surface area contributed by atoms with Gasteiger partial charge in [-0.05, 0) is 25.0 Å². The summed E-state index contributed by atoms with van der Waals surface area (Å²) in [6.45, 7) is 0.725. The van der Waals surface area contributed by atoms with Crippen molar-refractivity contribution in [1.29, 1.82) is 0 Å². The highest BCUT2D eigenvalue weighted by atomic mass is 35.5. The molecule has 0 aromatic carbocycles. The van der Waals surface area contributed by atoms with Gasteiger partial charge in [0.05, 0.1) is 4.34 Å². The average molecular weight is 300 g/mol. The third-order valence-electron chi connectivity index (χ3n) is 3.48. The number of aliphatic imine (C=N–C) groups is 1. The van der Waals surface area contributed by atoms with Gasteiger partial charge in [0.1, 0.15) is 0 Å². The van der Waals surface area contributed by atoms with Gasteiger partial charge in [-0.1, -0.05) is 37.3 Å². The quantitative estimate of drug-likeness (QED) is 0.507. The molecule has 0 amide bonds. The lowest BCUT2D eigenvalue weighted by molar-refractivity contribution is 0.530. The van der Waals surface area contributed by atoms with Crippen molar-refractivity contribution in [3.8, 4) is 0 Å². The van der Waals surface area contributed by atoms with Crippen LogP contribution in [-0.2, 0) is 6.42 Å². The fourth-order valence-corrected chi connectivity index (χ4v) is 3.53. The molecular formula is C14H22ClN3S. The van der Waals surface area contributed by atoms with Crippen LogP contribution in [0.25, 0.3) is 0 Å². The first-order valence-electron chi connectivity index (χ1n) is 7.05. The van der Waals surface area contributed by atoms with Crippen molar-refractivity contribution in [1.82, 2.24) is 5.32 Å². The number of halogens is 1. The molecule has 1 aromatic heterocycles. The molecule has 19 heavy (non-hydrogen) atoms. The molecule has 0 bridgehead atoms. The van der Waals surface area contributed by atoms with E-state index in [4.69, 9.17) is 17.3 Å². The summed E-state index contributed by atoms with van der Waals surface area (Å²) < 4.78 is 0.837. The summed E-state index contributed by atoms with van der Waals surface area (Å²) in [5.41, 5.74) is 5.94. The molecule has 1 fully saturated rings. The molecule has 3 N–H and O–H groups in total. The van der Waals surface area contributed by atoms with Gasteiger partial charge in [-0.15, -0.1) is 11.3 Å². The van der Waals surface area contributed by atoms with Crippen LogP contribution in [0.2, 0.25) is 4.34 Å². The van der Waals surface area contributed by atoms with E-state index in [1.54, 1.807) is 11.3 Å². The molecule has 1 saturated carbocycles. The highest BCUT2D eigenvalue weighted by Gasteiger charge is 2.12. The van der Waals surface area contributed by atoms with E-state index in [1.165, 1.54) is 43.4 Å². The molecular weight excluding hydrogens is 278 g/mol. The highest BCUT2D eigenvalue weighted by molar-refractivity contribution is 7.16. The molecule has 3 nitrogen and oxygen atoms in total. The van der Waals surface area contributed by atoms with Crippen molar-refractivity contribution >= 4 is 28.9 Å². The van der Waals surface area contributed by atoms with E-state index in [1.807, 2.05) is 6.07 Å². The van der Waals surface area contributed by atoms with Crippen LogP contribution in [0.5, 0.6) is 0 Å². The van der Waals surface area contributed by atoms with Crippen molar-refractivity contribution in [3.63, 3.8) is 0 Å². The van der Waals surface area contributed by atoms with Crippen LogP contribution in [-0.4, -0.2) is 18.5 Å². The summed E-state index contributed by atoms with van der Waals surface area (Å²) in [4.78, 5) is 5.66. The van der Waals surface area contributed by atoms with Crippen LogP contribution in [0.3, 0.4) is 0 Å². The number of guanidine groups is 1. The second kappa shape index (κ2) is 7.75. The lowest BCUT2D eigenvalue weighted by atomic mass is 10.1. The van der Waals surface area contributed by atoms with E-state index in [-0.39, 0.29) is 0 Å². The summed E-state index contributed by atoms with van der Waals surface area (Å²) >= 11 is 7.50. The van der Waals surface area contributed by atoms with Crippen LogP contribution in [0.4, 0.5) is 0 Å². The molecule has 0 spiro atoms. The van der Waals surface area contributed by atoms with E-state index >= 15 is 0 Å². The van der Waals surface area contributed by atoms with Gasteiger partial charge < -0.3 is 11.1 Å². The number of hydrogen-bond acceptors (Lipinski definition) is 2. The Labute approximate surface area is 124 Å². The molecule has 1 aliphatic rings. The highest BCUT2D eigenvalue weighted by Crippen LogP contribution is 2.21. The number of nitrogens with zero attached hydrogens (tertiary/aromatic N) is 1. The molecule has 0 radical (unpaired) electrons. The lowest BCUT2D eigenvalue weighted by Crippen LogP contribution is -2.39. The van der Waals surface area contributed by atoms with Crippen molar-refractivity contribution < 1.29 is 0 Å². The first kappa shape index (κ1) is 14.7. The fraction of sp³-hybridized carbons (Fsp3) is 0.643. The first-order chi connectivity index (χ1) is 9.24. The number of rotatable bonds is 4. The molecule has 1 aromatic rings. The van der Waals surface area contributed by atoms with Crippen molar-refractivity contribution in [3.05, 3.63) is 21.3 Å². The third-order valence-corrected chi connectivity index (χ3v) is 4.77. The van der Waals surface area contributed by atoms with Crippen LogP contribution in [0.1, 0.15) is 43.4 Å². The standard InChI is InChI=1S/C14H22ClN3S/c15-13-8-7-12(19-13)9-10-17-14(16)18-11-5-3-1-2-4-6-11/h7-8,11H,1-6,9-10H2,(H3,16,17,18). The minimum Gasteiger partial charge on any atom is -0.370 e. The van der Waals surface area contributed by atoms with Gasteiger partial charge in [-0.2, -0.15) is 0 Å². The minimum atomic E-state index is 0.516. The van der Waals surface area contributed by atoms with Gasteiger partial charge in [0.2, 0.25) is 0 Å². The van der Waals surface area contributed by atoms with Gasteiger partial charge in [-0.25, -0.2) is 0 Å². The molecule has 106 valence electrons. The summed E-state index contributed by atoms with van der Waals surface area (Å²) in [7, 11) is 0. The lowest BCUT2D eigenvalue weighted by Gasteiger charge is -2.16. The maximum Gasteiger partial charge on any atom is 0.188 e. The smallest absolute Gasteiger partial charge is 0.188 e. The summed E-state index contributed by atoms with van der Waals surface area (Å²) in [5, 5.41) is 3.36. The Morgan fingerprint density at radius 2 is 2.05 bits per heavy atom. The van der Waals surface area contributed by atoms with E-state index in [0.717, 1.165) is 17.3 Å². The van der Waals surface area contributed by atoms with Gasteiger partial charge in [-0.3, -0.25) is 4.99 Å². The summed E-state index contributed by atoms with van der Waals surface area (Å²) in [6, 6.07) is 4.50. The summed E-state index contributed by atoms with van der Waals surface area (Å²) in [5.74, 6) is 0.592. The van der Waals surface area contributed by atoms with E-state index in [2.05, 4.69) is 16.4 Å². The zero-order chi connectivity index (χ0) is 13.5. The van der Waals surface area contributed by atoms with Crippen LogP contribution >= 0.6 is 22.9 Å². The Kier molecular flexibility index (Phi) is 5.98. The van der Waals surface area contributed by atoms with Gasteiger partial charge in [0, 0.05) is 23.9 Å². The molecule has 0 aliphatic heterocycles. The van der Waals surface area contributed by atoms with Crippen molar-refractivity contribution in [2.24, 2.45) is 10.7 Å². The van der Waals surface area contributed by atoms with Gasteiger partial charge in [0.25, 0.3) is 0 Å². The van der Waals surface area contributed by atoms with Crippen LogP contribution in [0.15, 0.2) is 17.1 Å². The monoisotopic (exact) mass is 299 g/mol. The molecule has 5 heteroatoms. The zero-order valence-electron chi connectivity index (χ0n) is 11.2. The largest absolute Gasteiger partial charge is 0.370 e. The fourth-order valence-electron chi connectivity index (χ4n) is 2.45. The topological polar surface area (TPSA) is 50.4 Å². The van der Waals surface area contributed by atoms with Crippen LogP contribution < -0.4 is 11.1 Å². The van der Waals surface area contributed by atoms with Crippen LogP contribution in [0, 0.1) is 0 Å². The average Bonchev–Trinajstić information content (AvgIpc) is 2.63. The molecule has 1 heterocycles. The second-order valence-corrected chi connectivity index (χ2v) is 6.86. The molecule has 0 saturated heterocycles. The van der Waals surface area contributed by atoms with Gasteiger partial charge in [0.15, 0.2) is 5.96 Å². The molecule has 1 aliphatic carbocycles. The van der Waals surface area contributed by atoms with E-state index in [9.17, 15) is 0 Å². The molecule has 0 atom stereocenters. The first-order valence-corrected chi connectivity index (χ1v) is 8.24. The number of nitrogens with two attached hydrogens (primary N) is 1. The van der Waals surface area contributed by atoms with E-state index < -0.39 is 0 Å². The van der Waals surface area contributed by atoms with Crippen molar-refractivity contribution in [2.45, 2.75) is 51.0 Å². The molecule has 2 rings (SSSR count). The van der Waals surface area contributed by atoms with E-state index in [0.29, 0.717) is 12.0 Å². The minimum absolute atomic E-state index is 0.516. The SMILES string of the molecule is NC(=NCCc1ccc(Cl)s1)NC1CCCCCC1. The second-order valence-electron chi connectivity index (χ2n) is 5.06. The number of thiophene rings is 1. The normalized spacial score (nSPS) is 18.3. The summed E-state index contributed by atoms with van der Waals surface area (Å²) in [6.07, 6.45) is 8.66. The molecule has 0 unspecified atom stereocenters. The maximum absolute atomic E-state index is 5.94.